The van der Waals surface area contributed by atoms with Gasteiger partial charge in [0.2, 0.25) is 0 Å². The molecule has 2 amide bonds. The lowest BCUT2D eigenvalue weighted by Crippen LogP contribution is -2.43. The molecule has 35 heavy (non-hydrogen) atoms. The van der Waals surface area contributed by atoms with Gasteiger partial charge in [0.15, 0.2) is 18.1 Å². The summed E-state index contributed by atoms with van der Waals surface area (Å²) >= 11 is 0. The highest BCUT2D eigenvalue weighted by Gasteiger charge is 2.29. The summed E-state index contributed by atoms with van der Waals surface area (Å²) in [6.07, 6.45) is 1.56. The number of aryl methyl sites for hydroxylation is 1. The van der Waals surface area contributed by atoms with Crippen LogP contribution in [0.3, 0.4) is 0 Å². The number of fused-ring (bicyclic) bond motifs is 1. The number of para-hydroxylation sites is 3. The maximum Gasteiger partial charge on any atom is 0.276 e. The summed E-state index contributed by atoms with van der Waals surface area (Å²) in [4.78, 5) is 24.5. The SMILES string of the molecule is COc1ccccc1OCC(=O)NNC(=O)c1ccc(S(=O)(=O)N2CCCc3ccccc32)cc1. The minimum atomic E-state index is -3.78. The molecule has 0 unspecified atom stereocenters. The number of hydrogen-bond acceptors (Lipinski definition) is 6. The molecule has 4 rings (SSSR count). The Morgan fingerprint density at radius 1 is 0.914 bits per heavy atom. The molecule has 0 radical (unpaired) electrons. The van der Waals surface area contributed by atoms with Crippen LogP contribution in [0.1, 0.15) is 22.3 Å². The van der Waals surface area contributed by atoms with E-state index in [0.29, 0.717) is 23.7 Å². The molecular weight excluding hydrogens is 470 g/mol. The predicted octanol–water partition coefficient (Wildman–Crippen LogP) is 2.68. The van der Waals surface area contributed by atoms with Crippen LogP contribution >= 0.6 is 0 Å². The third-order valence-corrected chi connectivity index (χ3v) is 7.34. The molecule has 0 saturated heterocycles. The van der Waals surface area contributed by atoms with Crippen LogP contribution in [0.15, 0.2) is 77.7 Å². The number of anilines is 1. The Balaban J connectivity index is 1.35. The van der Waals surface area contributed by atoms with Crippen LogP contribution in [0.4, 0.5) is 5.69 Å². The molecule has 3 aromatic rings. The van der Waals surface area contributed by atoms with E-state index in [9.17, 15) is 18.0 Å². The monoisotopic (exact) mass is 495 g/mol. The number of hydrazine groups is 1. The number of ether oxygens (including phenoxy) is 2. The van der Waals surface area contributed by atoms with E-state index in [1.807, 2.05) is 18.2 Å². The van der Waals surface area contributed by atoms with Gasteiger partial charge in [0.25, 0.3) is 21.8 Å². The number of carbonyl (C=O) groups excluding carboxylic acids is 2. The maximum absolute atomic E-state index is 13.2. The number of sulfonamides is 1. The third-order valence-electron chi connectivity index (χ3n) is 5.52. The Hall–Kier alpha value is -4.05. The second-order valence-corrected chi connectivity index (χ2v) is 9.64. The van der Waals surface area contributed by atoms with Gasteiger partial charge in [-0.15, -0.1) is 0 Å². The van der Waals surface area contributed by atoms with E-state index in [1.165, 1.54) is 35.7 Å². The zero-order valence-electron chi connectivity index (χ0n) is 19.1. The number of rotatable bonds is 7. The van der Waals surface area contributed by atoms with Crippen molar-refractivity contribution in [2.45, 2.75) is 17.7 Å². The topological polar surface area (TPSA) is 114 Å². The Kier molecular flexibility index (Phi) is 7.21. The molecular formula is C25H25N3O6S. The maximum atomic E-state index is 13.2. The minimum Gasteiger partial charge on any atom is -0.493 e. The number of nitrogens with zero attached hydrogens (tertiary/aromatic N) is 1. The van der Waals surface area contributed by atoms with Gasteiger partial charge in [0, 0.05) is 12.1 Å². The van der Waals surface area contributed by atoms with E-state index in [4.69, 9.17) is 9.47 Å². The van der Waals surface area contributed by atoms with Crippen molar-refractivity contribution >= 4 is 27.5 Å². The van der Waals surface area contributed by atoms with Crippen molar-refractivity contribution < 1.29 is 27.5 Å². The highest BCUT2D eigenvalue weighted by molar-refractivity contribution is 7.92. The van der Waals surface area contributed by atoms with Gasteiger partial charge in [-0.3, -0.25) is 24.7 Å². The van der Waals surface area contributed by atoms with Crippen LogP contribution < -0.4 is 24.6 Å². The first-order valence-corrected chi connectivity index (χ1v) is 12.4. The van der Waals surface area contributed by atoms with Crippen molar-refractivity contribution in [3.8, 4) is 11.5 Å². The van der Waals surface area contributed by atoms with E-state index in [-0.39, 0.29) is 17.1 Å². The van der Waals surface area contributed by atoms with Crippen molar-refractivity contribution in [2.24, 2.45) is 0 Å². The second-order valence-electron chi connectivity index (χ2n) is 7.78. The van der Waals surface area contributed by atoms with Gasteiger partial charge < -0.3 is 9.47 Å². The standard InChI is InChI=1S/C25H25N3O6S/c1-33-22-10-4-5-11-23(22)34-17-24(29)26-27-25(30)19-12-14-20(15-13-19)35(31,32)28-16-6-8-18-7-2-3-9-21(18)28/h2-5,7,9-15H,6,8,16-17H2,1H3,(H,26,29)(H,27,30). The zero-order chi connectivity index (χ0) is 24.8. The number of nitrogens with one attached hydrogen (secondary N) is 2. The summed E-state index contributed by atoms with van der Waals surface area (Å²) in [6.45, 7) is 0.0552. The first-order valence-electron chi connectivity index (χ1n) is 11.0. The van der Waals surface area contributed by atoms with Crippen LogP contribution in [0, 0.1) is 0 Å². The molecule has 0 fully saturated rings. The molecule has 0 aromatic heterocycles. The fourth-order valence-corrected chi connectivity index (χ4v) is 5.31. The molecule has 0 saturated carbocycles. The second kappa shape index (κ2) is 10.5. The summed E-state index contributed by atoms with van der Waals surface area (Å²) in [6, 6.07) is 19.9. The van der Waals surface area contributed by atoms with Crippen LogP contribution in [0.5, 0.6) is 11.5 Å². The van der Waals surface area contributed by atoms with Gasteiger partial charge in [-0.2, -0.15) is 0 Å². The lowest BCUT2D eigenvalue weighted by atomic mass is 10.0. The number of carbonyl (C=O) groups is 2. The summed E-state index contributed by atoms with van der Waals surface area (Å²) in [7, 11) is -2.29. The van der Waals surface area contributed by atoms with Crippen molar-refractivity contribution in [1.82, 2.24) is 10.9 Å². The molecule has 2 N–H and O–H groups in total. The molecule has 182 valence electrons. The molecule has 0 atom stereocenters. The first-order chi connectivity index (χ1) is 16.9. The number of methoxy groups -OCH3 is 1. The fraction of sp³-hybridized carbons (Fsp3) is 0.200. The van der Waals surface area contributed by atoms with Gasteiger partial charge in [0.05, 0.1) is 17.7 Å². The molecule has 10 heteroatoms. The summed E-state index contributed by atoms with van der Waals surface area (Å²) in [5, 5.41) is 0. The molecule has 0 aliphatic carbocycles. The normalized spacial score (nSPS) is 12.9. The largest absolute Gasteiger partial charge is 0.493 e. The Bertz CT molecular complexity index is 1330. The van der Waals surface area contributed by atoms with Crippen molar-refractivity contribution in [3.05, 3.63) is 83.9 Å². The first kappa shape index (κ1) is 24.1. The highest BCUT2D eigenvalue weighted by atomic mass is 32.2. The average molecular weight is 496 g/mol. The highest BCUT2D eigenvalue weighted by Crippen LogP contribution is 2.31. The van der Waals surface area contributed by atoms with Crippen LogP contribution in [0.25, 0.3) is 0 Å². The Morgan fingerprint density at radius 2 is 1.60 bits per heavy atom. The van der Waals surface area contributed by atoms with Gasteiger partial charge >= 0.3 is 0 Å². The van der Waals surface area contributed by atoms with Crippen molar-refractivity contribution in [3.63, 3.8) is 0 Å². The van der Waals surface area contributed by atoms with Gasteiger partial charge in [-0.25, -0.2) is 8.42 Å². The Morgan fingerprint density at radius 3 is 2.34 bits per heavy atom. The molecule has 1 aliphatic rings. The minimum absolute atomic E-state index is 0.0833. The van der Waals surface area contributed by atoms with E-state index >= 15 is 0 Å². The fourth-order valence-electron chi connectivity index (χ4n) is 3.77. The van der Waals surface area contributed by atoms with Crippen molar-refractivity contribution in [2.75, 3.05) is 24.6 Å². The predicted molar refractivity (Wildman–Crippen MR) is 130 cm³/mol. The number of hydrogen-bond donors (Lipinski definition) is 2. The molecule has 0 bridgehead atoms. The van der Waals surface area contributed by atoms with E-state index in [0.717, 1.165) is 18.4 Å². The average Bonchev–Trinajstić information content (AvgIpc) is 2.90. The van der Waals surface area contributed by atoms with Crippen LogP contribution in [-0.2, 0) is 21.2 Å². The quantitative estimate of drug-likeness (QED) is 0.487. The summed E-state index contributed by atoms with van der Waals surface area (Å²) < 4.78 is 38.4. The lowest BCUT2D eigenvalue weighted by Gasteiger charge is -2.30. The van der Waals surface area contributed by atoms with Gasteiger partial charge in [-0.1, -0.05) is 30.3 Å². The summed E-state index contributed by atoms with van der Waals surface area (Å²) in [5.74, 6) is -0.299. The smallest absolute Gasteiger partial charge is 0.276 e. The molecule has 9 nitrogen and oxygen atoms in total. The number of amides is 2. The van der Waals surface area contributed by atoms with Crippen LogP contribution in [0.2, 0.25) is 0 Å². The van der Waals surface area contributed by atoms with Gasteiger partial charge in [-0.05, 0) is 60.9 Å². The van der Waals surface area contributed by atoms with E-state index in [2.05, 4.69) is 10.9 Å². The Labute approximate surface area is 203 Å². The van der Waals surface area contributed by atoms with Crippen molar-refractivity contribution in [1.29, 1.82) is 0 Å². The molecule has 1 aliphatic heterocycles. The van der Waals surface area contributed by atoms with Crippen LogP contribution in [-0.4, -0.2) is 40.5 Å². The van der Waals surface area contributed by atoms with E-state index < -0.39 is 21.8 Å². The third kappa shape index (κ3) is 5.38. The lowest BCUT2D eigenvalue weighted by molar-refractivity contribution is -0.123. The summed E-state index contributed by atoms with van der Waals surface area (Å²) in [5.41, 5.74) is 6.41. The number of benzene rings is 3. The molecule has 3 aromatic carbocycles. The molecule has 1 heterocycles. The van der Waals surface area contributed by atoms with Gasteiger partial charge in [0.1, 0.15) is 0 Å². The van der Waals surface area contributed by atoms with E-state index in [1.54, 1.807) is 30.3 Å². The zero-order valence-corrected chi connectivity index (χ0v) is 19.9. The molecule has 0 spiro atoms.